The Balaban J connectivity index is 1.98. The number of hydrogen-bond acceptors (Lipinski definition) is 4. The van der Waals surface area contributed by atoms with Crippen molar-refractivity contribution in [3.8, 4) is 0 Å². The van der Waals surface area contributed by atoms with Gasteiger partial charge in [-0.3, -0.25) is 4.79 Å². The third-order valence-corrected chi connectivity index (χ3v) is 3.39. The molecule has 0 atom stereocenters. The number of rotatable bonds is 7. The van der Waals surface area contributed by atoms with Gasteiger partial charge in [0, 0.05) is 18.8 Å². The van der Waals surface area contributed by atoms with Gasteiger partial charge in [0.05, 0.1) is 0 Å². The molecule has 1 aromatic heterocycles. The number of carbonyl (C=O) groups excluding carboxylic acids is 1. The van der Waals surface area contributed by atoms with Crippen LogP contribution in [0, 0.1) is 18.7 Å². The molecule has 6 heteroatoms. The summed E-state index contributed by atoms with van der Waals surface area (Å²) in [5.74, 6) is 0.306. The highest BCUT2D eigenvalue weighted by molar-refractivity contribution is 5.92. The highest BCUT2D eigenvalue weighted by atomic mass is 19.1. The summed E-state index contributed by atoms with van der Waals surface area (Å²) in [5, 5.41) is 5.89. The van der Waals surface area contributed by atoms with Crippen LogP contribution in [-0.4, -0.2) is 29.0 Å². The Labute approximate surface area is 141 Å². The summed E-state index contributed by atoms with van der Waals surface area (Å²) in [6.07, 6.45) is 0.513. The number of benzene rings is 1. The predicted molar refractivity (Wildman–Crippen MR) is 92.5 cm³/mol. The zero-order valence-corrected chi connectivity index (χ0v) is 14.3. The normalized spacial score (nSPS) is 10.7. The van der Waals surface area contributed by atoms with Crippen molar-refractivity contribution in [2.75, 3.05) is 18.4 Å². The van der Waals surface area contributed by atoms with Crippen molar-refractivity contribution in [3.63, 3.8) is 0 Å². The molecule has 0 bridgehead atoms. The van der Waals surface area contributed by atoms with Gasteiger partial charge in [0.15, 0.2) is 0 Å². The number of halogens is 1. The second-order valence-corrected chi connectivity index (χ2v) is 6.09. The molecule has 2 aromatic rings. The van der Waals surface area contributed by atoms with E-state index in [1.807, 2.05) is 20.8 Å². The zero-order valence-electron chi connectivity index (χ0n) is 14.3. The van der Waals surface area contributed by atoms with Gasteiger partial charge in [-0.2, -0.15) is 0 Å². The zero-order chi connectivity index (χ0) is 17.5. The van der Waals surface area contributed by atoms with Crippen LogP contribution < -0.4 is 10.6 Å². The van der Waals surface area contributed by atoms with E-state index in [2.05, 4.69) is 20.6 Å². The molecule has 0 unspecified atom stereocenters. The summed E-state index contributed by atoms with van der Waals surface area (Å²) >= 11 is 0. The molecule has 128 valence electrons. The maximum atomic E-state index is 13.6. The minimum absolute atomic E-state index is 0.216. The standard InChI is InChI=1S/C18H23FN4O/c1-12(2)11-21-17(24)16-10-13(3)22-18(23-16)20-9-8-14-6-4-5-7-15(14)19/h4-7,10,12H,8-9,11H2,1-3H3,(H,21,24)(H,20,22,23). The number of carbonyl (C=O) groups is 1. The fraction of sp³-hybridized carbons (Fsp3) is 0.389. The van der Waals surface area contributed by atoms with Gasteiger partial charge in [0.2, 0.25) is 5.95 Å². The summed E-state index contributed by atoms with van der Waals surface area (Å²) < 4.78 is 13.6. The number of aromatic nitrogens is 2. The fourth-order valence-electron chi connectivity index (χ4n) is 2.16. The Morgan fingerprint density at radius 3 is 2.71 bits per heavy atom. The second kappa shape index (κ2) is 8.38. The maximum absolute atomic E-state index is 13.6. The molecule has 0 aliphatic carbocycles. The molecule has 2 N–H and O–H groups in total. The lowest BCUT2D eigenvalue weighted by atomic mass is 10.1. The van der Waals surface area contributed by atoms with Crippen LogP contribution in [0.4, 0.5) is 10.3 Å². The summed E-state index contributed by atoms with van der Waals surface area (Å²) in [6, 6.07) is 8.31. The van der Waals surface area contributed by atoms with Gasteiger partial charge in [-0.15, -0.1) is 0 Å². The molecule has 24 heavy (non-hydrogen) atoms. The molecular weight excluding hydrogens is 307 g/mol. The van der Waals surface area contributed by atoms with Crippen molar-refractivity contribution in [1.82, 2.24) is 15.3 Å². The van der Waals surface area contributed by atoms with Crippen LogP contribution in [0.1, 0.15) is 35.6 Å². The van der Waals surface area contributed by atoms with Gasteiger partial charge < -0.3 is 10.6 Å². The number of nitrogens with one attached hydrogen (secondary N) is 2. The van der Waals surface area contributed by atoms with Gasteiger partial charge in [-0.05, 0) is 37.0 Å². The number of amides is 1. The maximum Gasteiger partial charge on any atom is 0.270 e. The van der Waals surface area contributed by atoms with Crippen molar-refractivity contribution in [2.45, 2.75) is 27.2 Å². The first-order valence-corrected chi connectivity index (χ1v) is 8.07. The van der Waals surface area contributed by atoms with Crippen LogP contribution in [0.15, 0.2) is 30.3 Å². The first-order chi connectivity index (χ1) is 11.5. The SMILES string of the molecule is Cc1cc(C(=O)NCC(C)C)nc(NCCc2ccccc2F)n1. The molecule has 0 saturated heterocycles. The van der Waals surface area contributed by atoms with E-state index in [4.69, 9.17) is 0 Å². The summed E-state index contributed by atoms with van der Waals surface area (Å²) in [4.78, 5) is 20.6. The van der Waals surface area contributed by atoms with E-state index in [-0.39, 0.29) is 11.7 Å². The Morgan fingerprint density at radius 1 is 1.25 bits per heavy atom. The molecule has 0 spiro atoms. The van der Waals surface area contributed by atoms with E-state index in [0.29, 0.717) is 48.3 Å². The Morgan fingerprint density at radius 2 is 2.00 bits per heavy atom. The van der Waals surface area contributed by atoms with E-state index in [1.165, 1.54) is 6.07 Å². The van der Waals surface area contributed by atoms with Crippen molar-refractivity contribution >= 4 is 11.9 Å². The molecular formula is C18H23FN4O. The lowest BCUT2D eigenvalue weighted by Crippen LogP contribution is -2.28. The van der Waals surface area contributed by atoms with Crippen LogP contribution in [0.5, 0.6) is 0 Å². The lowest BCUT2D eigenvalue weighted by Gasteiger charge is -2.10. The molecule has 0 fully saturated rings. The predicted octanol–water partition coefficient (Wildman–Crippen LogP) is 2.96. The summed E-state index contributed by atoms with van der Waals surface area (Å²) in [7, 11) is 0. The molecule has 5 nitrogen and oxygen atoms in total. The van der Waals surface area contributed by atoms with E-state index < -0.39 is 0 Å². The first kappa shape index (κ1) is 17.8. The monoisotopic (exact) mass is 330 g/mol. The van der Waals surface area contributed by atoms with Crippen LogP contribution in [0.2, 0.25) is 0 Å². The smallest absolute Gasteiger partial charge is 0.270 e. The molecule has 0 saturated carbocycles. The van der Waals surface area contributed by atoms with Crippen molar-refractivity contribution in [1.29, 1.82) is 0 Å². The lowest BCUT2D eigenvalue weighted by molar-refractivity contribution is 0.0944. The molecule has 1 amide bonds. The van der Waals surface area contributed by atoms with Gasteiger partial charge in [0.25, 0.3) is 5.91 Å². The van der Waals surface area contributed by atoms with Gasteiger partial charge >= 0.3 is 0 Å². The first-order valence-electron chi connectivity index (χ1n) is 8.07. The van der Waals surface area contributed by atoms with E-state index in [9.17, 15) is 9.18 Å². The quantitative estimate of drug-likeness (QED) is 0.819. The number of aryl methyl sites for hydroxylation is 1. The average Bonchev–Trinajstić information content (AvgIpc) is 2.54. The summed E-state index contributed by atoms with van der Waals surface area (Å²) in [5.41, 5.74) is 1.66. The molecule has 0 radical (unpaired) electrons. The van der Waals surface area contributed by atoms with Crippen molar-refractivity contribution < 1.29 is 9.18 Å². The van der Waals surface area contributed by atoms with Crippen LogP contribution in [-0.2, 0) is 6.42 Å². The van der Waals surface area contributed by atoms with Crippen LogP contribution >= 0.6 is 0 Å². The molecule has 0 aliphatic rings. The Kier molecular flexibility index (Phi) is 6.23. The largest absolute Gasteiger partial charge is 0.354 e. The van der Waals surface area contributed by atoms with Crippen molar-refractivity contribution in [2.24, 2.45) is 5.92 Å². The van der Waals surface area contributed by atoms with Crippen molar-refractivity contribution in [3.05, 3.63) is 53.1 Å². The van der Waals surface area contributed by atoms with Gasteiger partial charge in [-0.1, -0.05) is 32.0 Å². The Hall–Kier alpha value is -2.50. The van der Waals surface area contributed by atoms with E-state index in [0.717, 1.165) is 0 Å². The highest BCUT2D eigenvalue weighted by Gasteiger charge is 2.11. The molecule has 2 rings (SSSR count). The minimum Gasteiger partial charge on any atom is -0.354 e. The van der Waals surface area contributed by atoms with E-state index in [1.54, 1.807) is 24.3 Å². The molecule has 0 aliphatic heterocycles. The van der Waals surface area contributed by atoms with Crippen LogP contribution in [0.3, 0.4) is 0 Å². The topological polar surface area (TPSA) is 66.9 Å². The number of anilines is 1. The van der Waals surface area contributed by atoms with Crippen LogP contribution in [0.25, 0.3) is 0 Å². The second-order valence-electron chi connectivity index (χ2n) is 6.09. The third kappa shape index (κ3) is 5.30. The summed E-state index contributed by atoms with van der Waals surface area (Å²) in [6.45, 7) is 6.95. The number of nitrogens with zero attached hydrogens (tertiary/aromatic N) is 2. The average molecular weight is 330 g/mol. The van der Waals surface area contributed by atoms with Gasteiger partial charge in [-0.25, -0.2) is 14.4 Å². The van der Waals surface area contributed by atoms with E-state index >= 15 is 0 Å². The third-order valence-electron chi connectivity index (χ3n) is 3.39. The fourth-order valence-corrected chi connectivity index (χ4v) is 2.16. The Bertz CT molecular complexity index is 703. The molecule has 1 heterocycles. The molecule has 1 aromatic carbocycles. The highest BCUT2D eigenvalue weighted by Crippen LogP contribution is 2.09. The number of hydrogen-bond donors (Lipinski definition) is 2. The minimum atomic E-state index is -0.224. The van der Waals surface area contributed by atoms with Gasteiger partial charge in [0.1, 0.15) is 11.5 Å².